The van der Waals surface area contributed by atoms with Crippen LogP contribution in [0.2, 0.25) is 0 Å². The van der Waals surface area contributed by atoms with Crippen LogP contribution in [0.4, 0.5) is 0 Å². The zero-order valence-corrected chi connectivity index (χ0v) is 10.4. The number of hydrazine groups is 1. The Morgan fingerprint density at radius 3 is 3.00 bits per heavy atom. The van der Waals surface area contributed by atoms with Crippen molar-refractivity contribution >= 4 is 5.91 Å². The highest BCUT2D eigenvalue weighted by atomic mass is 16.6. The molecule has 1 amide bonds. The summed E-state index contributed by atoms with van der Waals surface area (Å²) in [6.07, 6.45) is 3.27. The Morgan fingerprint density at radius 2 is 2.37 bits per heavy atom. The molecule has 8 heteroatoms. The van der Waals surface area contributed by atoms with Gasteiger partial charge in [-0.3, -0.25) is 19.9 Å². The first kappa shape index (κ1) is 13.4. The van der Waals surface area contributed by atoms with Gasteiger partial charge in [-0.2, -0.15) is 0 Å². The third-order valence-electron chi connectivity index (χ3n) is 3.04. The molecule has 0 spiro atoms. The maximum absolute atomic E-state index is 11.9. The first-order chi connectivity index (χ1) is 9.09. The van der Waals surface area contributed by atoms with E-state index in [9.17, 15) is 14.9 Å². The van der Waals surface area contributed by atoms with Crippen molar-refractivity contribution in [1.82, 2.24) is 21.2 Å². The van der Waals surface area contributed by atoms with Crippen LogP contribution in [0, 0.1) is 10.1 Å². The van der Waals surface area contributed by atoms with Crippen LogP contribution in [0.25, 0.3) is 0 Å². The Labute approximate surface area is 109 Å². The number of nitrogens with one attached hydrogen (secondary N) is 3. The van der Waals surface area contributed by atoms with E-state index in [0.717, 1.165) is 5.56 Å². The summed E-state index contributed by atoms with van der Waals surface area (Å²) in [5.41, 5.74) is 6.21. The van der Waals surface area contributed by atoms with Crippen LogP contribution in [0.15, 0.2) is 24.5 Å². The fourth-order valence-corrected chi connectivity index (χ4v) is 2.01. The van der Waals surface area contributed by atoms with Crippen molar-refractivity contribution in [2.45, 2.75) is 31.6 Å². The van der Waals surface area contributed by atoms with Crippen molar-refractivity contribution in [2.75, 3.05) is 0 Å². The standard InChI is InChI=1S/C11H15N5O3/c1-7-10(16(18)19)9(15-14-7)11(17)13-6-8-3-2-4-12-5-8/h2-5,7,9-10,14-15H,6H2,1H3,(H,13,17). The smallest absolute Gasteiger partial charge is 0.254 e. The molecule has 0 aromatic carbocycles. The summed E-state index contributed by atoms with van der Waals surface area (Å²) in [6.45, 7) is 1.96. The minimum atomic E-state index is -0.978. The van der Waals surface area contributed by atoms with E-state index in [0.29, 0.717) is 6.54 Å². The highest BCUT2D eigenvalue weighted by Crippen LogP contribution is 2.10. The van der Waals surface area contributed by atoms with Gasteiger partial charge in [0.2, 0.25) is 5.91 Å². The van der Waals surface area contributed by atoms with Gasteiger partial charge >= 0.3 is 0 Å². The van der Waals surface area contributed by atoms with Crippen LogP contribution < -0.4 is 16.2 Å². The minimum absolute atomic E-state index is 0.295. The van der Waals surface area contributed by atoms with Gasteiger partial charge in [0.15, 0.2) is 6.04 Å². The van der Waals surface area contributed by atoms with Gasteiger partial charge in [-0.25, -0.2) is 10.9 Å². The van der Waals surface area contributed by atoms with Crippen LogP contribution in [0.5, 0.6) is 0 Å². The summed E-state index contributed by atoms with van der Waals surface area (Å²) in [7, 11) is 0. The molecule has 3 N–H and O–H groups in total. The summed E-state index contributed by atoms with van der Waals surface area (Å²) in [5.74, 6) is -0.401. The van der Waals surface area contributed by atoms with E-state index in [1.165, 1.54) is 0 Å². The predicted octanol–water partition coefficient (Wildman–Crippen LogP) is -0.792. The molecule has 0 radical (unpaired) electrons. The average Bonchev–Trinajstić information content (AvgIpc) is 2.79. The fraction of sp³-hybridized carbons (Fsp3) is 0.455. The highest BCUT2D eigenvalue weighted by Gasteiger charge is 2.46. The maximum Gasteiger partial charge on any atom is 0.254 e. The van der Waals surface area contributed by atoms with Gasteiger partial charge in [-0.15, -0.1) is 0 Å². The minimum Gasteiger partial charge on any atom is -0.350 e. The topological polar surface area (TPSA) is 109 Å². The zero-order valence-electron chi connectivity index (χ0n) is 10.4. The van der Waals surface area contributed by atoms with Crippen LogP contribution in [0.3, 0.4) is 0 Å². The van der Waals surface area contributed by atoms with Crippen molar-refractivity contribution in [3.05, 3.63) is 40.2 Å². The molecule has 1 fully saturated rings. The number of hydrogen-bond donors (Lipinski definition) is 3. The SMILES string of the molecule is CC1NNC(C(=O)NCc2cccnc2)C1[N+](=O)[O-]. The Morgan fingerprint density at radius 1 is 1.58 bits per heavy atom. The highest BCUT2D eigenvalue weighted by molar-refractivity contribution is 5.82. The molecule has 1 aliphatic heterocycles. The second-order valence-corrected chi connectivity index (χ2v) is 4.41. The number of nitrogens with zero attached hydrogens (tertiary/aromatic N) is 2. The summed E-state index contributed by atoms with van der Waals surface area (Å²) in [5, 5.41) is 13.6. The van der Waals surface area contributed by atoms with Crippen molar-refractivity contribution < 1.29 is 9.72 Å². The van der Waals surface area contributed by atoms with Gasteiger partial charge in [0.25, 0.3) is 6.04 Å². The quantitative estimate of drug-likeness (QED) is 0.486. The van der Waals surface area contributed by atoms with E-state index in [1.807, 2.05) is 6.07 Å². The lowest BCUT2D eigenvalue weighted by atomic mass is 10.0. The molecule has 1 aliphatic rings. The summed E-state index contributed by atoms with van der Waals surface area (Å²) in [6, 6.07) is 1.33. The number of aromatic nitrogens is 1. The summed E-state index contributed by atoms with van der Waals surface area (Å²) < 4.78 is 0. The lowest BCUT2D eigenvalue weighted by Crippen LogP contribution is -2.49. The van der Waals surface area contributed by atoms with E-state index >= 15 is 0 Å². The summed E-state index contributed by atoms with van der Waals surface area (Å²) in [4.78, 5) is 26.4. The first-order valence-electron chi connectivity index (χ1n) is 5.91. The Balaban J connectivity index is 1.95. The predicted molar refractivity (Wildman–Crippen MR) is 66.4 cm³/mol. The molecule has 102 valence electrons. The number of nitro groups is 1. The van der Waals surface area contributed by atoms with Gasteiger partial charge in [-0.1, -0.05) is 6.07 Å². The molecule has 1 aromatic heterocycles. The van der Waals surface area contributed by atoms with Gasteiger partial charge in [-0.05, 0) is 18.6 Å². The molecule has 2 heterocycles. The number of carbonyl (C=O) groups excluding carboxylic acids is 1. The molecule has 19 heavy (non-hydrogen) atoms. The normalized spacial score (nSPS) is 26.1. The van der Waals surface area contributed by atoms with E-state index in [2.05, 4.69) is 21.2 Å². The molecule has 1 saturated heterocycles. The molecule has 3 atom stereocenters. The van der Waals surface area contributed by atoms with Crippen LogP contribution in [-0.2, 0) is 11.3 Å². The number of carbonyl (C=O) groups is 1. The van der Waals surface area contributed by atoms with Crippen molar-refractivity contribution in [2.24, 2.45) is 0 Å². The van der Waals surface area contributed by atoms with E-state index in [-0.39, 0.29) is 0 Å². The molecule has 1 aromatic rings. The lowest BCUT2D eigenvalue weighted by molar-refractivity contribution is -0.523. The molecule has 0 aliphatic carbocycles. The van der Waals surface area contributed by atoms with Crippen LogP contribution >= 0.6 is 0 Å². The monoisotopic (exact) mass is 265 g/mol. The second kappa shape index (κ2) is 5.72. The van der Waals surface area contributed by atoms with Gasteiger partial charge < -0.3 is 5.32 Å². The molecule has 0 bridgehead atoms. The number of hydrogen-bond acceptors (Lipinski definition) is 6. The largest absolute Gasteiger partial charge is 0.350 e. The third-order valence-corrected chi connectivity index (χ3v) is 3.04. The van der Waals surface area contributed by atoms with Crippen LogP contribution in [0.1, 0.15) is 12.5 Å². The second-order valence-electron chi connectivity index (χ2n) is 4.41. The maximum atomic E-state index is 11.9. The lowest BCUT2D eigenvalue weighted by Gasteiger charge is -2.13. The first-order valence-corrected chi connectivity index (χ1v) is 5.91. The molecular weight excluding hydrogens is 250 g/mol. The number of rotatable bonds is 4. The van der Waals surface area contributed by atoms with E-state index in [4.69, 9.17) is 0 Å². The third kappa shape index (κ3) is 3.04. The van der Waals surface area contributed by atoms with Crippen molar-refractivity contribution in [1.29, 1.82) is 0 Å². The molecule has 8 nitrogen and oxygen atoms in total. The van der Waals surface area contributed by atoms with Crippen molar-refractivity contribution in [3.63, 3.8) is 0 Å². The van der Waals surface area contributed by atoms with Gasteiger partial charge in [0.1, 0.15) is 0 Å². The van der Waals surface area contributed by atoms with Crippen molar-refractivity contribution in [3.8, 4) is 0 Å². The molecule has 3 unspecified atom stereocenters. The zero-order chi connectivity index (χ0) is 13.8. The Hall–Kier alpha value is -2.06. The van der Waals surface area contributed by atoms with Crippen LogP contribution in [-0.4, -0.2) is 33.9 Å². The Bertz CT molecular complexity index is 467. The molecular formula is C11H15N5O3. The fourth-order valence-electron chi connectivity index (χ4n) is 2.01. The van der Waals surface area contributed by atoms with Gasteiger partial charge in [0, 0.05) is 23.9 Å². The molecule has 2 rings (SSSR count). The van der Waals surface area contributed by atoms with Gasteiger partial charge in [0.05, 0.1) is 6.04 Å². The number of amides is 1. The summed E-state index contributed by atoms with van der Waals surface area (Å²) >= 11 is 0. The molecule has 0 saturated carbocycles. The average molecular weight is 265 g/mol. The number of pyridine rings is 1. The van der Waals surface area contributed by atoms with E-state index < -0.39 is 29.0 Å². The Kier molecular flexibility index (Phi) is 4.03. The van der Waals surface area contributed by atoms with E-state index in [1.54, 1.807) is 25.4 Å².